The van der Waals surface area contributed by atoms with Gasteiger partial charge in [0.15, 0.2) is 0 Å². The Hall–Kier alpha value is -1.63. The Morgan fingerprint density at radius 3 is 0.609 bits per heavy atom. The van der Waals surface area contributed by atoms with Crippen LogP contribution < -0.4 is 11.1 Å². The minimum atomic E-state index is -10.7. The third-order valence-corrected chi connectivity index (χ3v) is 21.5. The van der Waals surface area contributed by atoms with Gasteiger partial charge in [-0.25, -0.2) is 25.8 Å². The summed E-state index contributed by atoms with van der Waals surface area (Å²) < 4.78 is 123. The summed E-state index contributed by atoms with van der Waals surface area (Å²) in [5, 5.41) is 21.6. The number of imidazole rings is 2. The molecular formula is C62H122F12N7P4Ru2+2. The molecule has 0 unspecified atom stereocenters. The van der Waals surface area contributed by atoms with Crippen molar-refractivity contribution >= 4 is 42.6 Å². The van der Waals surface area contributed by atoms with Crippen LogP contribution in [0, 0.1) is 142 Å². The van der Waals surface area contributed by atoms with E-state index in [4.69, 9.17) is 25.8 Å². The maximum absolute atomic E-state index is 10.7. The van der Waals surface area contributed by atoms with Gasteiger partial charge in [-0.3, -0.25) is 0 Å². The van der Waals surface area contributed by atoms with Gasteiger partial charge in [0.05, 0.1) is 90.4 Å². The van der Waals surface area contributed by atoms with Crippen LogP contribution in [0.4, 0.5) is 50.4 Å². The molecule has 0 spiro atoms. The van der Waals surface area contributed by atoms with E-state index in [1.165, 1.54) is 40.7 Å². The molecule has 2 heterocycles. The molecule has 2 aliphatic rings. The number of hydrogen-bond donors (Lipinski definition) is 0. The van der Waals surface area contributed by atoms with Gasteiger partial charge in [-0.2, -0.15) is 0 Å². The Bertz CT molecular complexity index is 1890. The molecule has 0 N–H and O–H groups in total. The Kier molecular flexibility index (Phi) is 55.6. The van der Waals surface area contributed by atoms with Crippen LogP contribution in [0.5, 0.6) is 0 Å². The first-order valence-electron chi connectivity index (χ1n) is 28.3. The van der Waals surface area contributed by atoms with Crippen molar-refractivity contribution in [2.24, 2.45) is 73.3 Å². The van der Waals surface area contributed by atoms with Crippen LogP contribution in [0.2, 0.25) is 0 Å². The number of nitriles is 3. The second-order valence-corrected chi connectivity index (χ2v) is 36.5. The zero-order chi connectivity index (χ0) is 68.9. The summed E-state index contributed by atoms with van der Waals surface area (Å²) in [7, 11) is -18.2. The van der Waals surface area contributed by atoms with Gasteiger partial charge in [0.25, 0.3) is 11.1 Å². The van der Waals surface area contributed by atoms with Gasteiger partial charge in [-0.05, 0) is 115 Å². The van der Waals surface area contributed by atoms with Crippen LogP contribution in [0.1, 0.15) is 205 Å². The van der Waals surface area contributed by atoms with E-state index in [0.717, 1.165) is 81.8 Å². The van der Waals surface area contributed by atoms with Gasteiger partial charge < -0.3 is 44.8 Å². The normalized spacial score (nSPS) is 22.2. The van der Waals surface area contributed by atoms with Gasteiger partial charge in [-0.15, -0.1) is 18.2 Å². The van der Waals surface area contributed by atoms with E-state index in [1.54, 1.807) is 0 Å². The summed E-state index contributed by atoms with van der Waals surface area (Å²) in [6.45, 7) is 72.4. The molecule has 2 fully saturated rings. The second-order valence-electron chi connectivity index (χ2n) is 25.3. The van der Waals surface area contributed by atoms with Crippen molar-refractivity contribution < 1.29 is 89.3 Å². The molecule has 1 radical (unpaired) electrons. The standard InChI is InChI=1S/2C14H27N2P.2C10H20.2C3H7.3C2H2N.2CH3.2F6P.2Ru/c2*1-10(2)17(11(3)4)13-15-12(9-16(13)8)14(5,6)7;2*1-6-7(2)9(4)10(5)8(6)3;2*1-3-2;3*1-2-3;;;2*1-7(2,3,4,5)6;;/h2*9-11H,1-8H3;2*6-10H,1-5H3;2*3H,1-2H3;3*1H2;2*1H3;;;;/q;;;;2*+1;7*-1;+2;+3/p+2. The molecule has 523 valence electrons. The minimum Gasteiger partial charge on any atom is -0.358 e. The van der Waals surface area contributed by atoms with E-state index in [-0.39, 0.29) is 64.6 Å². The fraction of sp³-hybridized carbons (Fsp3) is 0.742. The van der Waals surface area contributed by atoms with E-state index in [0.29, 0.717) is 0 Å². The van der Waals surface area contributed by atoms with Crippen LogP contribution in [0.3, 0.4) is 0 Å². The van der Waals surface area contributed by atoms with Gasteiger partial charge >= 0.3 is 105 Å². The van der Waals surface area contributed by atoms with Gasteiger partial charge in [0, 0.05) is 37.3 Å². The first-order valence-corrected chi connectivity index (χ1v) is 35.6. The van der Waals surface area contributed by atoms with Gasteiger partial charge in [0.2, 0.25) is 0 Å². The van der Waals surface area contributed by atoms with Crippen molar-refractivity contribution in [1.29, 1.82) is 15.8 Å². The molecule has 2 aromatic rings. The van der Waals surface area contributed by atoms with E-state index in [2.05, 4.69) is 223 Å². The van der Waals surface area contributed by atoms with Crippen LogP contribution >= 0.6 is 31.5 Å². The Balaban J connectivity index is -0.0000000857. The third-order valence-electron chi connectivity index (χ3n) is 14.6. The largest absolute Gasteiger partial charge is 3.00 e. The van der Waals surface area contributed by atoms with E-state index < -0.39 is 31.5 Å². The van der Waals surface area contributed by atoms with Crippen LogP contribution in [0.25, 0.3) is 0 Å². The second kappa shape index (κ2) is 44.1. The topological polar surface area (TPSA) is 107 Å². The molecule has 0 saturated heterocycles. The van der Waals surface area contributed by atoms with Crippen molar-refractivity contribution in [2.45, 2.75) is 227 Å². The van der Waals surface area contributed by atoms with E-state index in [9.17, 15) is 50.4 Å². The molecule has 2 aromatic heterocycles. The third kappa shape index (κ3) is 59.2. The molecule has 2 saturated carbocycles. The molecular weight excluding hydrogens is 1400 g/mol. The molecule has 0 aromatic carbocycles. The van der Waals surface area contributed by atoms with Crippen LogP contribution in [-0.4, -0.2) is 41.7 Å². The predicted octanol–water partition coefficient (Wildman–Crippen LogP) is 24.3. The minimum absolute atomic E-state index is 0. The molecule has 0 atom stereocenters. The molecule has 25 heteroatoms. The summed E-state index contributed by atoms with van der Waals surface area (Å²) in [5.41, 5.74) is 8.34. The number of hydrogen-bond acceptors (Lipinski definition) is 5. The van der Waals surface area contributed by atoms with E-state index in [1.807, 2.05) is 40.5 Å². The molecule has 87 heavy (non-hydrogen) atoms. The van der Waals surface area contributed by atoms with Crippen molar-refractivity contribution in [2.75, 3.05) is 0 Å². The maximum Gasteiger partial charge on any atom is 3.00 e. The summed E-state index contributed by atoms with van der Waals surface area (Å²) in [4.78, 5) is 9.86. The number of nitrogens with zero attached hydrogens (tertiary/aromatic N) is 7. The van der Waals surface area contributed by atoms with Crippen molar-refractivity contribution in [3.8, 4) is 18.2 Å². The quantitative estimate of drug-likeness (QED) is 0.124. The van der Waals surface area contributed by atoms with Crippen molar-refractivity contribution in [3.05, 3.63) is 72.2 Å². The summed E-state index contributed by atoms with van der Waals surface area (Å²) >= 11 is 0. The molecule has 0 aliphatic heterocycles. The molecule has 4 rings (SSSR count). The number of aryl methyl sites for hydroxylation is 2. The first kappa shape index (κ1) is 110. The van der Waals surface area contributed by atoms with Crippen molar-refractivity contribution in [3.63, 3.8) is 0 Å². The SMILES string of the molecule is CC(C)[PH+](c1nc(C(C)(C)C)cn1C)C(C)C.CC(C)[PH+](c1nc(C(C)(C)C)cn1C)C(C)C.CC1C(C)C(C)C(C)C1C.CC1C(C)C(C)C(C)C1C.C[CH+]C.C[CH+]C.F[P-](F)(F)(F)(F)F.F[P-](F)(F)(F)(F)F.[CH2-]C#N.[CH2-]C#N.[CH2-]C#N.[CH3-].[CH3-].[Ru+2].[Ru+3]. The molecule has 0 amide bonds. The van der Waals surface area contributed by atoms with Gasteiger partial charge in [-0.1, -0.05) is 111 Å². The van der Waals surface area contributed by atoms with E-state index >= 15 is 0 Å². The fourth-order valence-corrected chi connectivity index (χ4v) is 15.5. The van der Waals surface area contributed by atoms with Gasteiger partial charge in [0.1, 0.15) is 0 Å². The zero-order valence-corrected chi connectivity index (χ0v) is 66.5. The molecule has 7 nitrogen and oxygen atoms in total. The van der Waals surface area contributed by atoms with Crippen molar-refractivity contribution in [1.82, 2.24) is 19.1 Å². The summed E-state index contributed by atoms with van der Waals surface area (Å²) in [6, 6.07) is 4.50. The predicted molar refractivity (Wildman–Crippen MR) is 356 cm³/mol. The monoisotopic (exact) mass is 1520 g/mol. The number of halogens is 12. The maximum atomic E-state index is 9.87. The first-order chi connectivity index (χ1) is 36.4. The summed E-state index contributed by atoms with van der Waals surface area (Å²) in [6.07, 6.45) is 8.43. The Labute approximate surface area is 554 Å². The Morgan fingerprint density at radius 1 is 0.437 bits per heavy atom. The zero-order valence-electron chi connectivity index (χ0n) is 59.3. The average molecular weight is 1520 g/mol. The molecule has 0 bridgehead atoms. The fourth-order valence-electron chi connectivity index (χ4n) is 9.35. The summed E-state index contributed by atoms with van der Waals surface area (Å²) in [5.74, 6) is 9.35. The Morgan fingerprint density at radius 2 is 0.540 bits per heavy atom. The molecule has 2 aliphatic carbocycles. The number of rotatable bonds is 6. The number of aromatic nitrogens is 4. The van der Waals surface area contributed by atoms with Crippen LogP contribution in [0.15, 0.2) is 12.4 Å². The van der Waals surface area contributed by atoms with Crippen LogP contribution in [-0.2, 0) is 63.9 Å². The smallest absolute Gasteiger partial charge is 0.358 e. The average Bonchev–Trinajstić information content (AvgIpc) is 3.93.